The highest BCUT2D eigenvalue weighted by atomic mass is 19.4. The van der Waals surface area contributed by atoms with Gasteiger partial charge in [0.2, 0.25) is 0 Å². The molecule has 1 rings (SSSR count). The van der Waals surface area contributed by atoms with Gasteiger partial charge in [0.1, 0.15) is 5.76 Å². The van der Waals surface area contributed by atoms with Gasteiger partial charge in [0.15, 0.2) is 0 Å². The molecule has 7 heteroatoms. The van der Waals surface area contributed by atoms with Gasteiger partial charge in [0.25, 0.3) is 5.78 Å². The van der Waals surface area contributed by atoms with E-state index in [9.17, 15) is 23.1 Å². The van der Waals surface area contributed by atoms with E-state index in [1.165, 1.54) is 17.8 Å². The first-order valence-corrected chi connectivity index (χ1v) is 4.82. The van der Waals surface area contributed by atoms with E-state index >= 15 is 0 Å². The average molecular weight is 248 g/mol. The van der Waals surface area contributed by atoms with E-state index in [1.54, 1.807) is 6.92 Å². The fraction of sp³-hybridized carbons (Fsp3) is 0.400. The molecule has 0 aromatic carbocycles. The highest BCUT2D eigenvalue weighted by molar-refractivity contribution is 5.99. The molecule has 0 atom stereocenters. The molecule has 0 spiro atoms. The normalized spacial score (nSPS) is 12.9. The standard InChI is InChI=1S/C10H11F3N2O2/c1-3-15-5-7(6(2)14-15)8(16)4-9(17)10(11,12)13/h4-5,16H,3H2,1-2H3. The fourth-order valence-corrected chi connectivity index (χ4v) is 1.22. The zero-order valence-electron chi connectivity index (χ0n) is 9.25. The van der Waals surface area contributed by atoms with E-state index in [-0.39, 0.29) is 11.6 Å². The van der Waals surface area contributed by atoms with Crippen LogP contribution >= 0.6 is 0 Å². The lowest BCUT2D eigenvalue weighted by molar-refractivity contribution is -0.165. The molecule has 1 heterocycles. The van der Waals surface area contributed by atoms with Crippen LogP contribution < -0.4 is 0 Å². The average Bonchev–Trinajstić information content (AvgIpc) is 2.58. The van der Waals surface area contributed by atoms with Crippen molar-refractivity contribution in [3.8, 4) is 0 Å². The van der Waals surface area contributed by atoms with Gasteiger partial charge in [-0.2, -0.15) is 18.3 Å². The van der Waals surface area contributed by atoms with Crippen LogP contribution in [0.3, 0.4) is 0 Å². The molecule has 94 valence electrons. The summed E-state index contributed by atoms with van der Waals surface area (Å²) in [5.41, 5.74) is 0.472. The Morgan fingerprint density at radius 3 is 2.59 bits per heavy atom. The number of hydrogen-bond donors (Lipinski definition) is 1. The molecule has 0 radical (unpaired) electrons. The first-order valence-electron chi connectivity index (χ1n) is 4.82. The summed E-state index contributed by atoms with van der Waals surface area (Å²) in [6, 6.07) is 0. The van der Waals surface area contributed by atoms with Gasteiger partial charge in [-0.15, -0.1) is 0 Å². The van der Waals surface area contributed by atoms with Crippen molar-refractivity contribution >= 4 is 11.5 Å². The van der Waals surface area contributed by atoms with E-state index in [0.29, 0.717) is 12.2 Å². The molecular weight excluding hydrogens is 237 g/mol. The molecule has 0 bridgehead atoms. The number of aliphatic hydroxyl groups excluding tert-OH is 1. The molecule has 0 saturated carbocycles. The second kappa shape index (κ2) is 4.60. The summed E-state index contributed by atoms with van der Waals surface area (Å²) in [6.07, 6.45) is -3.45. The highest BCUT2D eigenvalue weighted by Crippen LogP contribution is 2.21. The van der Waals surface area contributed by atoms with Crippen LogP contribution in [0.4, 0.5) is 13.2 Å². The molecule has 0 saturated heterocycles. The van der Waals surface area contributed by atoms with Crippen LogP contribution in [0.1, 0.15) is 18.2 Å². The molecule has 4 nitrogen and oxygen atoms in total. The molecular formula is C10H11F3N2O2. The van der Waals surface area contributed by atoms with Crippen LogP contribution in [-0.2, 0) is 11.3 Å². The molecule has 1 N–H and O–H groups in total. The first-order chi connectivity index (χ1) is 7.75. The Morgan fingerprint density at radius 1 is 1.59 bits per heavy atom. The fourth-order valence-electron chi connectivity index (χ4n) is 1.22. The zero-order chi connectivity index (χ0) is 13.2. The second-order valence-corrected chi connectivity index (χ2v) is 3.38. The minimum Gasteiger partial charge on any atom is -0.507 e. The van der Waals surface area contributed by atoms with Crippen molar-refractivity contribution < 1.29 is 23.1 Å². The molecule has 1 aromatic heterocycles. The Balaban J connectivity index is 3.04. The highest BCUT2D eigenvalue weighted by Gasteiger charge is 2.37. The topological polar surface area (TPSA) is 55.1 Å². The van der Waals surface area contributed by atoms with Crippen molar-refractivity contribution in [2.24, 2.45) is 0 Å². The summed E-state index contributed by atoms with van der Waals surface area (Å²) in [5, 5.41) is 13.4. The van der Waals surface area contributed by atoms with Gasteiger partial charge in [-0.25, -0.2) is 0 Å². The maximum Gasteiger partial charge on any atom is 0.454 e. The van der Waals surface area contributed by atoms with Crippen molar-refractivity contribution in [2.45, 2.75) is 26.6 Å². The maximum atomic E-state index is 12.0. The van der Waals surface area contributed by atoms with Crippen molar-refractivity contribution in [3.63, 3.8) is 0 Å². The van der Waals surface area contributed by atoms with Crippen LogP contribution in [0.15, 0.2) is 12.3 Å². The molecule has 17 heavy (non-hydrogen) atoms. The number of carbonyl (C=O) groups excluding carboxylic acids is 1. The lowest BCUT2D eigenvalue weighted by atomic mass is 10.2. The van der Waals surface area contributed by atoms with Gasteiger partial charge in [-0.05, 0) is 13.8 Å². The molecule has 0 aliphatic carbocycles. The smallest absolute Gasteiger partial charge is 0.454 e. The van der Waals surface area contributed by atoms with Crippen LogP contribution in [-0.4, -0.2) is 26.8 Å². The number of carbonyl (C=O) groups is 1. The summed E-state index contributed by atoms with van der Waals surface area (Å²) >= 11 is 0. The maximum absolute atomic E-state index is 12.0. The molecule has 0 unspecified atom stereocenters. The minimum atomic E-state index is -4.98. The SMILES string of the molecule is CCn1cc(C(O)=CC(=O)C(F)(F)F)c(C)n1. The van der Waals surface area contributed by atoms with Gasteiger partial charge >= 0.3 is 6.18 Å². The number of nitrogens with zero attached hydrogens (tertiary/aromatic N) is 2. The van der Waals surface area contributed by atoms with Crippen molar-refractivity contribution in [3.05, 3.63) is 23.5 Å². The predicted molar refractivity (Wildman–Crippen MR) is 54.3 cm³/mol. The number of aliphatic hydroxyl groups is 1. The summed E-state index contributed by atoms with van der Waals surface area (Å²) in [5.74, 6) is -2.83. The predicted octanol–water partition coefficient (Wildman–Crippen LogP) is 2.24. The van der Waals surface area contributed by atoms with E-state index in [2.05, 4.69) is 5.10 Å². The third-order valence-corrected chi connectivity index (χ3v) is 2.09. The van der Waals surface area contributed by atoms with Crippen molar-refractivity contribution in [1.29, 1.82) is 0 Å². The van der Waals surface area contributed by atoms with E-state index < -0.39 is 17.7 Å². The third-order valence-electron chi connectivity index (χ3n) is 2.09. The van der Waals surface area contributed by atoms with E-state index in [4.69, 9.17) is 0 Å². The number of ketones is 1. The zero-order valence-corrected chi connectivity index (χ0v) is 9.25. The lowest BCUT2D eigenvalue weighted by Crippen LogP contribution is -2.20. The summed E-state index contributed by atoms with van der Waals surface area (Å²) in [4.78, 5) is 10.6. The summed E-state index contributed by atoms with van der Waals surface area (Å²) in [6.45, 7) is 3.84. The van der Waals surface area contributed by atoms with Crippen LogP contribution in [0.5, 0.6) is 0 Å². The molecule has 0 aliphatic rings. The van der Waals surface area contributed by atoms with E-state index in [1.807, 2.05) is 0 Å². The first kappa shape index (κ1) is 13.3. The molecule has 0 amide bonds. The van der Waals surface area contributed by atoms with Gasteiger partial charge < -0.3 is 5.11 Å². The van der Waals surface area contributed by atoms with Crippen LogP contribution in [0.2, 0.25) is 0 Å². The van der Waals surface area contributed by atoms with Crippen molar-refractivity contribution in [1.82, 2.24) is 9.78 Å². The number of hydrogen-bond acceptors (Lipinski definition) is 3. The Morgan fingerprint density at radius 2 is 2.18 bits per heavy atom. The van der Waals surface area contributed by atoms with Gasteiger partial charge in [0, 0.05) is 18.8 Å². The van der Waals surface area contributed by atoms with Gasteiger partial charge in [-0.1, -0.05) is 0 Å². The van der Waals surface area contributed by atoms with Crippen molar-refractivity contribution in [2.75, 3.05) is 0 Å². The quantitative estimate of drug-likeness (QED) is 0.659. The summed E-state index contributed by atoms with van der Waals surface area (Å²) in [7, 11) is 0. The molecule has 0 aliphatic heterocycles. The number of alkyl halides is 3. The Kier molecular flexibility index (Phi) is 3.59. The Labute approximate surface area is 95.4 Å². The Hall–Kier alpha value is -1.79. The number of halogens is 3. The number of rotatable bonds is 3. The lowest BCUT2D eigenvalue weighted by Gasteiger charge is -2.01. The van der Waals surface area contributed by atoms with Crippen LogP contribution in [0.25, 0.3) is 5.76 Å². The largest absolute Gasteiger partial charge is 0.507 e. The van der Waals surface area contributed by atoms with Gasteiger partial charge in [-0.3, -0.25) is 9.48 Å². The van der Waals surface area contributed by atoms with Gasteiger partial charge in [0.05, 0.1) is 11.3 Å². The van der Waals surface area contributed by atoms with Crippen LogP contribution in [0, 0.1) is 6.92 Å². The number of aryl methyl sites for hydroxylation is 2. The second-order valence-electron chi connectivity index (χ2n) is 3.38. The number of aromatic nitrogens is 2. The minimum absolute atomic E-state index is 0.115. The molecule has 0 fully saturated rings. The Bertz CT molecular complexity index is 461. The monoisotopic (exact) mass is 248 g/mol. The third kappa shape index (κ3) is 3.08. The molecule has 1 aromatic rings. The summed E-state index contributed by atoms with van der Waals surface area (Å²) < 4.78 is 37.4. The van der Waals surface area contributed by atoms with E-state index in [0.717, 1.165) is 0 Å². The number of allylic oxidation sites excluding steroid dienone is 1.